The highest BCUT2D eigenvalue weighted by Crippen LogP contribution is 2.12. The summed E-state index contributed by atoms with van der Waals surface area (Å²) >= 11 is 0. The van der Waals surface area contributed by atoms with E-state index >= 15 is 0 Å². The molecule has 2 nitrogen and oxygen atoms in total. The zero-order valence-electron chi connectivity index (χ0n) is 8.52. The molecule has 72 valence electrons. The van der Waals surface area contributed by atoms with E-state index in [0.29, 0.717) is 6.61 Å². The van der Waals surface area contributed by atoms with Gasteiger partial charge in [0.2, 0.25) is 5.78 Å². The fourth-order valence-electron chi connectivity index (χ4n) is 1.11. The Labute approximate surface area is 80.7 Å². The summed E-state index contributed by atoms with van der Waals surface area (Å²) in [5, 5.41) is 0. The lowest BCUT2D eigenvalue weighted by atomic mass is 10.2. The van der Waals surface area contributed by atoms with Crippen LogP contribution in [0.2, 0.25) is 19.6 Å². The minimum absolute atomic E-state index is 0.0278. The highest BCUT2D eigenvalue weighted by molar-refractivity contribution is 6.84. The summed E-state index contributed by atoms with van der Waals surface area (Å²) in [6, 6.07) is 0. The molecular formula is C10H16O2Si. The zero-order valence-corrected chi connectivity index (χ0v) is 9.52. The van der Waals surface area contributed by atoms with E-state index in [1.54, 1.807) is 0 Å². The van der Waals surface area contributed by atoms with Gasteiger partial charge < -0.3 is 4.74 Å². The molecule has 1 rings (SSSR count). The SMILES string of the molecule is C[Si](C)(C)C#CC(=O)[C@@H]1CCCO1. The number of carbonyl (C=O) groups excluding carboxylic acids is 1. The van der Waals surface area contributed by atoms with E-state index < -0.39 is 8.07 Å². The predicted molar refractivity (Wildman–Crippen MR) is 55.1 cm³/mol. The molecule has 0 amide bonds. The Bertz CT molecular complexity index is 248. The Morgan fingerprint density at radius 3 is 2.62 bits per heavy atom. The molecule has 0 radical (unpaired) electrons. The Morgan fingerprint density at radius 1 is 1.46 bits per heavy atom. The Morgan fingerprint density at radius 2 is 2.15 bits per heavy atom. The smallest absolute Gasteiger partial charge is 0.233 e. The van der Waals surface area contributed by atoms with Crippen molar-refractivity contribution in [3.63, 3.8) is 0 Å². The standard InChI is InChI=1S/C10H16O2Si/c1-13(2,3)8-6-9(11)10-5-4-7-12-10/h10H,4-5,7H2,1-3H3/t10-/m0/s1. The maximum absolute atomic E-state index is 11.4. The molecule has 1 fully saturated rings. The van der Waals surface area contributed by atoms with Crippen LogP contribution >= 0.6 is 0 Å². The average Bonchev–Trinajstić information content (AvgIpc) is 2.50. The summed E-state index contributed by atoms with van der Waals surface area (Å²) in [6.07, 6.45) is 1.60. The zero-order chi connectivity index (χ0) is 9.90. The summed E-state index contributed by atoms with van der Waals surface area (Å²) in [7, 11) is -1.41. The van der Waals surface area contributed by atoms with E-state index in [1.165, 1.54) is 0 Å². The van der Waals surface area contributed by atoms with Gasteiger partial charge in [-0.05, 0) is 18.8 Å². The van der Waals surface area contributed by atoms with Crippen molar-refractivity contribution in [2.75, 3.05) is 6.61 Å². The second kappa shape index (κ2) is 4.08. The highest BCUT2D eigenvalue weighted by Gasteiger charge is 2.22. The number of ether oxygens (including phenoxy) is 1. The number of rotatable bonds is 1. The monoisotopic (exact) mass is 196 g/mol. The minimum Gasteiger partial charge on any atom is -0.369 e. The molecule has 0 aromatic rings. The van der Waals surface area contributed by atoms with Crippen molar-refractivity contribution < 1.29 is 9.53 Å². The molecule has 0 aromatic carbocycles. The Kier molecular flexibility index (Phi) is 3.29. The molecule has 0 aromatic heterocycles. The van der Waals surface area contributed by atoms with Gasteiger partial charge in [0.15, 0.2) is 0 Å². The van der Waals surface area contributed by atoms with Crippen molar-refractivity contribution in [1.29, 1.82) is 0 Å². The maximum atomic E-state index is 11.4. The van der Waals surface area contributed by atoms with Gasteiger partial charge in [-0.3, -0.25) is 4.79 Å². The van der Waals surface area contributed by atoms with Crippen molar-refractivity contribution in [1.82, 2.24) is 0 Å². The van der Waals surface area contributed by atoms with Crippen molar-refractivity contribution in [3.8, 4) is 11.5 Å². The third kappa shape index (κ3) is 3.75. The molecule has 0 N–H and O–H groups in total. The van der Waals surface area contributed by atoms with Crippen LogP contribution in [0, 0.1) is 11.5 Å². The fourth-order valence-corrected chi connectivity index (χ4v) is 1.61. The lowest BCUT2D eigenvalue weighted by molar-refractivity contribution is -0.122. The van der Waals surface area contributed by atoms with Crippen LogP contribution in [-0.2, 0) is 9.53 Å². The number of ketones is 1. The predicted octanol–water partition coefficient (Wildman–Crippen LogP) is 1.62. The van der Waals surface area contributed by atoms with Gasteiger partial charge in [-0.1, -0.05) is 19.6 Å². The summed E-state index contributed by atoms with van der Waals surface area (Å²) in [4.78, 5) is 11.4. The van der Waals surface area contributed by atoms with Crippen LogP contribution in [0.5, 0.6) is 0 Å². The molecule has 1 atom stereocenters. The van der Waals surface area contributed by atoms with E-state index in [0.717, 1.165) is 12.8 Å². The van der Waals surface area contributed by atoms with Gasteiger partial charge in [0, 0.05) is 6.61 Å². The number of carbonyl (C=O) groups is 1. The molecule has 1 aliphatic heterocycles. The van der Waals surface area contributed by atoms with Gasteiger partial charge >= 0.3 is 0 Å². The van der Waals surface area contributed by atoms with Crippen molar-refractivity contribution >= 4 is 13.9 Å². The summed E-state index contributed by atoms with van der Waals surface area (Å²) in [6.45, 7) is 7.10. The maximum Gasteiger partial charge on any atom is 0.233 e. The van der Waals surface area contributed by atoms with Crippen LogP contribution in [0.1, 0.15) is 12.8 Å². The molecule has 0 spiro atoms. The van der Waals surface area contributed by atoms with Crippen LogP contribution < -0.4 is 0 Å². The van der Waals surface area contributed by atoms with Gasteiger partial charge in [0.1, 0.15) is 14.2 Å². The lowest BCUT2D eigenvalue weighted by Gasteiger charge is -2.05. The van der Waals surface area contributed by atoms with Gasteiger partial charge in [0.05, 0.1) is 0 Å². The second-order valence-corrected chi connectivity index (χ2v) is 9.12. The lowest BCUT2D eigenvalue weighted by Crippen LogP contribution is -2.21. The van der Waals surface area contributed by atoms with E-state index in [9.17, 15) is 4.79 Å². The molecule has 3 heteroatoms. The largest absolute Gasteiger partial charge is 0.369 e. The molecule has 1 heterocycles. The summed E-state index contributed by atoms with van der Waals surface area (Å²) < 4.78 is 5.24. The minimum atomic E-state index is -1.41. The van der Waals surface area contributed by atoms with Crippen LogP contribution in [0.4, 0.5) is 0 Å². The topological polar surface area (TPSA) is 26.3 Å². The molecular weight excluding hydrogens is 180 g/mol. The molecule has 13 heavy (non-hydrogen) atoms. The van der Waals surface area contributed by atoms with Gasteiger partial charge in [0.25, 0.3) is 0 Å². The van der Waals surface area contributed by atoms with Crippen molar-refractivity contribution in [2.45, 2.75) is 38.6 Å². The molecule has 0 bridgehead atoms. The first-order valence-corrected chi connectivity index (χ1v) is 8.18. The molecule has 0 unspecified atom stereocenters. The number of Topliss-reactive ketones (excluding diaryl/α,β-unsaturated/α-hetero) is 1. The Balaban J connectivity index is 2.52. The second-order valence-electron chi connectivity index (χ2n) is 4.37. The van der Waals surface area contributed by atoms with Crippen LogP contribution in [0.15, 0.2) is 0 Å². The van der Waals surface area contributed by atoms with Crippen molar-refractivity contribution in [2.24, 2.45) is 0 Å². The van der Waals surface area contributed by atoms with Crippen molar-refractivity contribution in [3.05, 3.63) is 0 Å². The fraction of sp³-hybridized carbons (Fsp3) is 0.700. The normalized spacial score (nSPS) is 22.2. The number of hydrogen-bond donors (Lipinski definition) is 0. The highest BCUT2D eigenvalue weighted by atomic mass is 28.3. The summed E-state index contributed by atoms with van der Waals surface area (Å²) in [5.74, 6) is 2.68. The van der Waals surface area contributed by atoms with E-state index in [4.69, 9.17) is 4.74 Å². The van der Waals surface area contributed by atoms with E-state index in [2.05, 4.69) is 31.1 Å². The molecule has 1 saturated heterocycles. The quantitative estimate of drug-likeness (QED) is 0.470. The van der Waals surface area contributed by atoms with Crippen LogP contribution in [-0.4, -0.2) is 26.6 Å². The Hall–Kier alpha value is -0.593. The van der Waals surface area contributed by atoms with Crippen LogP contribution in [0.25, 0.3) is 0 Å². The third-order valence-corrected chi connectivity index (χ3v) is 2.66. The van der Waals surface area contributed by atoms with Crippen LogP contribution in [0.3, 0.4) is 0 Å². The first kappa shape index (κ1) is 10.5. The third-order valence-electron chi connectivity index (χ3n) is 1.78. The average molecular weight is 196 g/mol. The summed E-state index contributed by atoms with van der Waals surface area (Å²) in [5.41, 5.74) is 3.06. The molecule has 1 aliphatic rings. The van der Waals surface area contributed by atoms with Gasteiger partial charge in [-0.15, -0.1) is 5.54 Å². The van der Waals surface area contributed by atoms with E-state index in [-0.39, 0.29) is 11.9 Å². The first-order valence-electron chi connectivity index (χ1n) is 4.68. The molecule has 0 saturated carbocycles. The molecule has 0 aliphatic carbocycles. The van der Waals surface area contributed by atoms with Gasteiger partial charge in [-0.25, -0.2) is 0 Å². The first-order chi connectivity index (χ1) is 5.99. The number of hydrogen-bond acceptors (Lipinski definition) is 2. The van der Waals surface area contributed by atoms with E-state index in [1.807, 2.05) is 0 Å². The van der Waals surface area contributed by atoms with Gasteiger partial charge in [-0.2, -0.15) is 0 Å².